The summed E-state index contributed by atoms with van der Waals surface area (Å²) in [6.45, 7) is 1.44. The molecule has 0 fully saturated rings. The fourth-order valence-corrected chi connectivity index (χ4v) is 1.84. The molecule has 0 saturated heterocycles. The van der Waals surface area contributed by atoms with Crippen molar-refractivity contribution in [2.24, 2.45) is 0 Å². The van der Waals surface area contributed by atoms with Crippen LogP contribution in [0.3, 0.4) is 0 Å². The number of hydrogen-bond donors (Lipinski definition) is 2. The first-order valence-electron chi connectivity index (χ1n) is 6.06. The minimum Gasteiger partial charge on any atom is -0.423 e. The molecule has 0 bridgehead atoms. The lowest BCUT2D eigenvalue weighted by molar-refractivity contribution is -0.147. The highest BCUT2D eigenvalue weighted by Crippen LogP contribution is 2.18. The van der Waals surface area contributed by atoms with Gasteiger partial charge in [0.2, 0.25) is 0 Å². The van der Waals surface area contributed by atoms with Gasteiger partial charge in [-0.1, -0.05) is 31.2 Å². The number of halogens is 3. The summed E-state index contributed by atoms with van der Waals surface area (Å²) >= 11 is 0. The monoisotopic (exact) mass is 275 g/mol. The molecule has 1 aromatic carbocycles. The third-order valence-electron chi connectivity index (χ3n) is 2.63. The first-order chi connectivity index (χ1) is 8.81. The van der Waals surface area contributed by atoms with Crippen molar-refractivity contribution >= 4 is 12.6 Å². The Morgan fingerprint density at radius 2 is 1.74 bits per heavy atom. The number of rotatable bonds is 6. The van der Waals surface area contributed by atoms with E-state index in [1.165, 1.54) is 17.0 Å². The zero-order chi connectivity index (χ0) is 14.5. The van der Waals surface area contributed by atoms with Gasteiger partial charge < -0.3 is 10.0 Å². The fourth-order valence-electron chi connectivity index (χ4n) is 1.84. The molecule has 19 heavy (non-hydrogen) atoms. The molecule has 3 nitrogen and oxygen atoms in total. The molecule has 0 saturated carbocycles. The van der Waals surface area contributed by atoms with Crippen molar-refractivity contribution < 1.29 is 23.2 Å². The van der Waals surface area contributed by atoms with E-state index in [1.54, 1.807) is 12.1 Å². The summed E-state index contributed by atoms with van der Waals surface area (Å²) in [5.41, 5.74) is 1.03. The summed E-state index contributed by atoms with van der Waals surface area (Å²) in [7, 11) is -1.56. The van der Waals surface area contributed by atoms with Gasteiger partial charge in [0.15, 0.2) is 0 Å². The van der Waals surface area contributed by atoms with Gasteiger partial charge in [0.05, 0.1) is 6.54 Å². The van der Waals surface area contributed by atoms with Crippen molar-refractivity contribution in [2.45, 2.75) is 26.1 Å². The predicted octanol–water partition coefficient (Wildman–Crippen LogP) is 1.14. The summed E-state index contributed by atoms with van der Waals surface area (Å²) in [5.74, 6) is 0. The lowest BCUT2D eigenvalue weighted by atomic mass is 9.80. The lowest BCUT2D eigenvalue weighted by Gasteiger charge is -2.23. The van der Waals surface area contributed by atoms with Crippen molar-refractivity contribution in [1.29, 1.82) is 0 Å². The van der Waals surface area contributed by atoms with E-state index in [2.05, 4.69) is 0 Å². The quantitative estimate of drug-likeness (QED) is 0.765. The van der Waals surface area contributed by atoms with Crippen molar-refractivity contribution in [2.75, 3.05) is 13.1 Å². The SMILES string of the molecule is CCCN(Cc1ccc(B(O)O)cc1)CC(F)(F)F. The van der Waals surface area contributed by atoms with E-state index in [1.807, 2.05) is 6.92 Å². The van der Waals surface area contributed by atoms with E-state index in [9.17, 15) is 13.2 Å². The molecule has 7 heteroatoms. The molecule has 1 rings (SSSR count). The molecule has 0 aromatic heterocycles. The van der Waals surface area contributed by atoms with Crippen LogP contribution in [0.5, 0.6) is 0 Å². The van der Waals surface area contributed by atoms with Crippen LogP contribution in [-0.4, -0.2) is 41.3 Å². The number of hydrogen-bond acceptors (Lipinski definition) is 3. The van der Waals surface area contributed by atoms with Crippen LogP contribution in [0.25, 0.3) is 0 Å². The molecule has 106 valence electrons. The molecule has 0 amide bonds. The largest absolute Gasteiger partial charge is 0.488 e. The number of alkyl halides is 3. The first kappa shape index (κ1) is 16.0. The van der Waals surface area contributed by atoms with Crippen LogP contribution in [0.4, 0.5) is 13.2 Å². The van der Waals surface area contributed by atoms with Gasteiger partial charge in [-0.2, -0.15) is 13.2 Å². The van der Waals surface area contributed by atoms with Gasteiger partial charge in [-0.15, -0.1) is 0 Å². The van der Waals surface area contributed by atoms with E-state index in [0.717, 1.165) is 0 Å². The van der Waals surface area contributed by atoms with Gasteiger partial charge in [-0.05, 0) is 24.0 Å². The molecule has 0 spiro atoms. The molecule has 0 radical (unpaired) electrons. The van der Waals surface area contributed by atoms with Crippen molar-refractivity contribution in [3.8, 4) is 0 Å². The molecule has 0 atom stereocenters. The highest BCUT2D eigenvalue weighted by atomic mass is 19.4. The van der Waals surface area contributed by atoms with Gasteiger partial charge in [-0.3, -0.25) is 4.90 Å². The second-order valence-electron chi connectivity index (χ2n) is 4.44. The summed E-state index contributed by atoms with van der Waals surface area (Å²) < 4.78 is 37.2. The van der Waals surface area contributed by atoms with E-state index in [0.29, 0.717) is 24.0 Å². The molecule has 1 aromatic rings. The number of nitrogens with zero attached hydrogens (tertiary/aromatic N) is 1. The second kappa shape index (κ2) is 6.93. The summed E-state index contributed by atoms with van der Waals surface area (Å²) in [6.07, 6.45) is -3.57. The second-order valence-corrected chi connectivity index (χ2v) is 4.44. The van der Waals surface area contributed by atoms with Gasteiger partial charge >= 0.3 is 13.3 Å². The van der Waals surface area contributed by atoms with Crippen LogP contribution in [0.2, 0.25) is 0 Å². The minimum absolute atomic E-state index is 0.190. The van der Waals surface area contributed by atoms with Crippen LogP contribution in [0.1, 0.15) is 18.9 Å². The molecule has 0 aliphatic carbocycles. The average Bonchev–Trinajstić information content (AvgIpc) is 2.27. The molecule has 2 N–H and O–H groups in total. The molecule has 0 aliphatic heterocycles. The van der Waals surface area contributed by atoms with Crippen LogP contribution in [0.15, 0.2) is 24.3 Å². The third-order valence-corrected chi connectivity index (χ3v) is 2.63. The first-order valence-corrected chi connectivity index (χ1v) is 6.06. The summed E-state index contributed by atoms with van der Waals surface area (Å²) in [6, 6.07) is 6.21. The Kier molecular flexibility index (Phi) is 5.84. The third kappa shape index (κ3) is 6.09. The molecule has 0 heterocycles. The highest BCUT2D eigenvalue weighted by molar-refractivity contribution is 6.58. The lowest BCUT2D eigenvalue weighted by Crippen LogP contribution is -2.34. The molecular formula is C12H17BF3NO2. The normalized spacial score (nSPS) is 11.9. The maximum Gasteiger partial charge on any atom is 0.488 e. The van der Waals surface area contributed by atoms with E-state index in [4.69, 9.17) is 10.0 Å². The van der Waals surface area contributed by atoms with Gasteiger partial charge in [0.1, 0.15) is 0 Å². The zero-order valence-electron chi connectivity index (χ0n) is 10.7. The van der Waals surface area contributed by atoms with E-state index in [-0.39, 0.29) is 6.54 Å². The zero-order valence-corrected chi connectivity index (χ0v) is 10.7. The maximum absolute atomic E-state index is 12.4. The highest BCUT2D eigenvalue weighted by Gasteiger charge is 2.30. The maximum atomic E-state index is 12.4. The average molecular weight is 275 g/mol. The Balaban J connectivity index is 2.68. The Morgan fingerprint density at radius 1 is 1.16 bits per heavy atom. The predicted molar refractivity (Wildman–Crippen MR) is 67.9 cm³/mol. The van der Waals surface area contributed by atoms with E-state index >= 15 is 0 Å². The van der Waals surface area contributed by atoms with Gasteiger partial charge in [-0.25, -0.2) is 0 Å². The van der Waals surface area contributed by atoms with Crippen molar-refractivity contribution in [3.63, 3.8) is 0 Å². The van der Waals surface area contributed by atoms with Gasteiger partial charge in [0.25, 0.3) is 0 Å². The summed E-state index contributed by atoms with van der Waals surface area (Å²) in [4.78, 5) is 1.32. The Hall–Kier alpha value is -1.05. The smallest absolute Gasteiger partial charge is 0.423 e. The van der Waals surface area contributed by atoms with E-state index < -0.39 is 19.8 Å². The van der Waals surface area contributed by atoms with Crippen molar-refractivity contribution in [3.05, 3.63) is 29.8 Å². The number of benzene rings is 1. The molecular weight excluding hydrogens is 258 g/mol. The Labute approximate surface area is 110 Å². The topological polar surface area (TPSA) is 43.7 Å². The Bertz CT molecular complexity index is 382. The van der Waals surface area contributed by atoms with Crippen LogP contribution >= 0.6 is 0 Å². The van der Waals surface area contributed by atoms with Gasteiger partial charge in [0, 0.05) is 6.54 Å². The molecule has 0 aliphatic rings. The van der Waals surface area contributed by atoms with Crippen LogP contribution in [0, 0.1) is 0 Å². The standard InChI is InChI=1S/C12H17BF3NO2/c1-2-7-17(9-12(14,15)16)8-10-3-5-11(6-4-10)13(18)19/h3-6,18-19H,2,7-9H2,1H3. The minimum atomic E-state index is -4.21. The van der Waals surface area contributed by atoms with Crippen LogP contribution in [-0.2, 0) is 6.54 Å². The van der Waals surface area contributed by atoms with Crippen molar-refractivity contribution in [1.82, 2.24) is 4.90 Å². The molecule has 0 unspecified atom stereocenters. The summed E-state index contributed by atoms with van der Waals surface area (Å²) in [5, 5.41) is 17.9. The van der Waals surface area contributed by atoms with Crippen LogP contribution < -0.4 is 5.46 Å². The fraction of sp³-hybridized carbons (Fsp3) is 0.500. The Morgan fingerprint density at radius 3 is 2.16 bits per heavy atom.